The van der Waals surface area contributed by atoms with E-state index in [0.717, 1.165) is 17.2 Å². The number of hydrogen-bond donors (Lipinski definition) is 0. The number of aromatic nitrogens is 1. The van der Waals surface area contributed by atoms with E-state index < -0.39 is 17.7 Å². The third kappa shape index (κ3) is 3.01. The molecule has 0 aliphatic heterocycles. The molecule has 1 aromatic heterocycles. The molecule has 0 bridgehead atoms. The second-order valence-electron chi connectivity index (χ2n) is 3.10. The fraction of sp³-hybridized carbons (Fsp3) is 0.300. The van der Waals surface area contributed by atoms with E-state index >= 15 is 0 Å². The lowest BCUT2D eigenvalue weighted by Gasteiger charge is -2.14. The van der Waals surface area contributed by atoms with Gasteiger partial charge >= 0.3 is 5.97 Å². The lowest BCUT2D eigenvalue weighted by molar-refractivity contribution is -0.141. The maximum atomic E-state index is 12.6. The van der Waals surface area contributed by atoms with Crippen LogP contribution in [-0.2, 0) is 9.53 Å². The van der Waals surface area contributed by atoms with Gasteiger partial charge in [-0.3, -0.25) is 9.59 Å². The SMILES string of the molecule is COC(=O)CN(C)C(=O)c1ccc(F)cn1. The Balaban J connectivity index is 2.70. The Hall–Kier alpha value is -1.98. The number of rotatable bonds is 3. The van der Waals surface area contributed by atoms with Crippen molar-refractivity contribution >= 4 is 11.9 Å². The Morgan fingerprint density at radius 2 is 2.19 bits per heavy atom. The Bertz CT molecular complexity index is 392. The summed E-state index contributed by atoms with van der Waals surface area (Å²) in [5, 5.41) is 0. The van der Waals surface area contributed by atoms with Crippen molar-refractivity contribution in [2.75, 3.05) is 20.7 Å². The number of carbonyl (C=O) groups excluding carboxylic acids is 2. The fourth-order valence-corrected chi connectivity index (χ4v) is 1.03. The predicted octanol–water partition coefficient (Wildman–Crippen LogP) is 0.466. The van der Waals surface area contributed by atoms with Crippen molar-refractivity contribution in [3.8, 4) is 0 Å². The number of nitrogens with zero attached hydrogens (tertiary/aromatic N) is 2. The molecule has 0 aliphatic rings. The van der Waals surface area contributed by atoms with Crippen molar-refractivity contribution in [3.05, 3.63) is 29.8 Å². The predicted molar refractivity (Wildman–Crippen MR) is 53.2 cm³/mol. The van der Waals surface area contributed by atoms with E-state index in [9.17, 15) is 14.0 Å². The molecule has 0 aliphatic carbocycles. The first kappa shape index (κ1) is 12.1. The van der Waals surface area contributed by atoms with E-state index in [2.05, 4.69) is 9.72 Å². The molecule has 5 nitrogen and oxygen atoms in total. The molecule has 0 atom stereocenters. The van der Waals surface area contributed by atoms with Crippen molar-refractivity contribution < 1.29 is 18.7 Å². The van der Waals surface area contributed by atoms with Crippen LogP contribution in [0.5, 0.6) is 0 Å². The average molecular weight is 226 g/mol. The molecule has 6 heteroatoms. The standard InChI is InChI=1S/C10H11FN2O3/c1-13(6-9(14)16-2)10(15)8-4-3-7(11)5-12-8/h3-5H,6H2,1-2H3. The number of hydrogen-bond acceptors (Lipinski definition) is 4. The summed E-state index contributed by atoms with van der Waals surface area (Å²) >= 11 is 0. The molecule has 0 N–H and O–H groups in total. The monoisotopic (exact) mass is 226 g/mol. The number of carbonyl (C=O) groups is 2. The second-order valence-corrected chi connectivity index (χ2v) is 3.10. The molecule has 0 radical (unpaired) electrons. The Labute approximate surface area is 91.8 Å². The molecule has 0 saturated carbocycles. The van der Waals surface area contributed by atoms with Gasteiger partial charge in [-0.15, -0.1) is 0 Å². The van der Waals surface area contributed by atoms with Crippen molar-refractivity contribution in [2.24, 2.45) is 0 Å². The summed E-state index contributed by atoms with van der Waals surface area (Å²) in [4.78, 5) is 27.3. The van der Waals surface area contributed by atoms with Crippen LogP contribution in [-0.4, -0.2) is 42.5 Å². The van der Waals surface area contributed by atoms with Crippen LogP contribution in [0.4, 0.5) is 4.39 Å². The summed E-state index contributed by atoms with van der Waals surface area (Å²) in [5.74, 6) is -1.52. The van der Waals surface area contributed by atoms with Gasteiger partial charge in [-0.25, -0.2) is 9.37 Å². The van der Waals surface area contributed by atoms with Gasteiger partial charge in [0.25, 0.3) is 5.91 Å². The van der Waals surface area contributed by atoms with E-state index in [1.807, 2.05) is 0 Å². The number of amides is 1. The zero-order valence-electron chi connectivity index (χ0n) is 8.94. The third-order valence-corrected chi connectivity index (χ3v) is 1.89. The van der Waals surface area contributed by atoms with Gasteiger partial charge in [-0.05, 0) is 12.1 Å². The molecular formula is C10H11FN2O3. The maximum absolute atomic E-state index is 12.6. The molecule has 1 amide bonds. The van der Waals surface area contributed by atoms with E-state index in [-0.39, 0.29) is 12.2 Å². The summed E-state index contributed by atoms with van der Waals surface area (Å²) in [6.07, 6.45) is 0.944. The quantitative estimate of drug-likeness (QED) is 0.703. The number of esters is 1. The molecular weight excluding hydrogens is 215 g/mol. The number of likely N-dealkylation sites (N-methyl/N-ethyl adjacent to an activating group) is 1. The first-order valence-electron chi connectivity index (χ1n) is 4.48. The van der Waals surface area contributed by atoms with Crippen LogP contribution >= 0.6 is 0 Å². The van der Waals surface area contributed by atoms with Gasteiger partial charge in [-0.1, -0.05) is 0 Å². The minimum atomic E-state index is -0.530. The number of halogens is 1. The summed E-state index contributed by atoms with van der Waals surface area (Å²) in [6, 6.07) is 2.39. The van der Waals surface area contributed by atoms with Gasteiger partial charge in [0.1, 0.15) is 18.1 Å². The number of pyridine rings is 1. The van der Waals surface area contributed by atoms with Crippen LogP contribution in [0.1, 0.15) is 10.5 Å². The molecule has 0 unspecified atom stereocenters. The fourth-order valence-electron chi connectivity index (χ4n) is 1.03. The topological polar surface area (TPSA) is 59.5 Å². The van der Waals surface area contributed by atoms with Gasteiger partial charge in [0.2, 0.25) is 0 Å². The first-order valence-corrected chi connectivity index (χ1v) is 4.48. The Morgan fingerprint density at radius 1 is 1.50 bits per heavy atom. The average Bonchev–Trinajstić information content (AvgIpc) is 2.28. The number of ether oxygens (including phenoxy) is 1. The van der Waals surface area contributed by atoms with E-state index in [1.165, 1.54) is 20.2 Å². The van der Waals surface area contributed by atoms with Crippen LogP contribution < -0.4 is 0 Å². The van der Waals surface area contributed by atoms with Crippen LogP contribution in [0.3, 0.4) is 0 Å². The van der Waals surface area contributed by atoms with Gasteiger partial charge < -0.3 is 9.64 Å². The van der Waals surface area contributed by atoms with E-state index in [1.54, 1.807) is 0 Å². The molecule has 1 heterocycles. The molecule has 0 fully saturated rings. The minimum Gasteiger partial charge on any atom is -0.468 e. The molecule has 86 valence electrons. The van der Waals surface area contributed by atoms with Crippen LogP contribution in [0.2, 0.25) is 0 Å². The summed E-state index contributed by atoms with van der Waals surface area (Å²) in [6.45, 7) is -0.172. The van der Waals surface area contributed by atoms with Crippen LogP contribution in [0, 0.1) is 5.82 Å². The Kier molecular flexibility index (Phi) is 3.93. The van der Waals surface area contributed by atoms with Crippen molar-refractivity contribution in [1.29, 1.82) is 0 Å². The maximum Gasteiger partial charge on any atom is 0.325 e. The molecule has 1 aromatic rings. The highest BCUT2D eigenvalue weighted by Gasteiger charge is 2.16. The van der Waals surface area contributed by atoms with Crippen molar-refractivity contribution in [1.82, 2.24) is 9.88 Å². The van der Waals surface area contributed by atoms with Gasteiger partial charge in [0.05, 0.1) is 13.3 Å². The van der Waals surface area contributed by atoms with Gasteiger partial charge in [-0.2, -0.15) is 0 Å². The lowest BCUT2D eigenvalue weighted by atomic mass is 10.3. The summed E-state index contributed by atoms with van der Waals surface area (Å²) in [7, 11) is 2.67. The third-order valence-electron chi connectivity index (χ3n) is 1.89. The highest BCUT2D eigenvalue weighted by atomic mass is 19.1. The normalized spacial score (nSPS) is 9.69. The summed E-state index contributed by atoms with van der Waals surface area (Å²) in [5.41, 5.74) is 0.0767. The largest absolute Gasteiger partial charge is 0.468 e. The van der Waals surface area contributed by atoms with Crippen molar-refractivity contribution in [2.45, 2.75) is 0 Å². The minimum absolute atomic E-state index is 0.0767. The van der Waals surface area contributed by atoms with Crippen LogP contribution in [0.25, 0.3) is 0 Å². The van der Waals surface area contributed by atoms with E-state index in [4.69, 9.17) is 0 Å². The first-order chi connectivity index (χ1) is 7.54. The molecule has 16 heavy (non-hydrogen) atoms. The molecule has 0 spiro atoms. The van der Waals surface area contributed by atoms with E-state index in [0.29, 0.717) is 0 Å². The highest BCUT2D eigenvalue weighted by molar-refractivity contribution is 5.93. The Morgan fingerprint density at radius 3 is 2.69 bits per heavy atom. The molecule has 0 saturated heterocycles. The smallest absolute Gasteiger partial charge is 0.325 e. The van der Waals surface area contributed by atoms with Crippen molar-refractivity contribution in [3.63, 3.8) is 0 Å². The van der Waals surface area contributed by atoms with Crippen LogP contribution in [0.15, 0.2) is 18.3 Å². The lowest BCUT2D eigenvalue weighted by Crippen LogP contribution is -2.33. The molecule has 1 rings (SSSR count). The second kappa shape index (κ2) is 5.20. The summed E-state index contributed by atoms with van der Waals surface area (Å²) < 4.78 is 17.0. The highest BCUT2D eigenvalue weighted by Crippen LogP contribution is 2.01. The van der Waals surface area contributed by atoms with Gasteiger partial charge in [0, 0.05) is 7.05 Å². The zero-order valence-corrected chi connectivity index (χ0v) is 8.94. The zero-order chi connectivity index (χ0) is 12.1. The van der Waals surface area contributed by atoms with Gasteiger partial charge in [0.15, 0.2) is 0 Å². The number of methoxy groups -OCH3 is 1. The molecule has 0 aromatic carbocycles.